The fourth-order valence-corrected chi connectivity index (χ4v) is 7.37. The number of fused-ring (bicyclic) bond motifs is 6. The van der Waals surface area contributed by atoms with Crippen molar-refractivity contribution in [1.29, 1.82) is 5.26 Å². The van der Waals surface area contributed by atoms with Crippen molar-refractivity contribution < 1.29 is 0 Å². The Morgan fingerprint density at radius 1 is 0.460 bits per heavy atom. The topological polar surface area (TPSA) is 42.4 Å². The maximum absolute atomic E-state index is 9.57. The predicted octanol–water partition coefficient (Wildman–Crippen LogP) is 12.2. The third-order valence-corrected chi connectivity index (χ3v) is 9.59. The van der Waals surface area contributed by atoms with E-state index >= 15 is 0 Å². The van der Waals surface area contributed by atoms with Crippen molar-refractivity contribution in [2.24, 2.45) is 0 Å². The minimum Gasteiger partial charge on any atom is -0.311 e. The predicted molar refractivity (Wildman–Crippen MR) is 203 cm³/mol. The molecule has 0 aliphatic rings. The summed E-state index contributed by atoms with van der Waals surface area (Å²) < 4.78 is 4.45. The van der Waals surface area contributed by atoms with E-state index in [1.54, 1.807) is 0 Å². The molecule has 9 aromatic rings. The van der Waals surface area contributed by atoms with E-state index in [9.17, 15) is 5.26 Å². The molecule has 2 aromatic heterocycles. The summed E-state index contributed by atoms with van der Waals surface area (Å²) in [4.78, 5) is 7.54. The van der Waals surface area contributed by atoms with Crippen LogP contribution in [0.25, 0.3) is 86.9 Å². The molecule has 50 heavy (non-hydrogen) atoms. The van der Waals surface area contributed by atoms with Gasteiger partial charge in [-0.1, -0.05) is 97.1 Å². The highest BCUT2D eigenvalue weighted by molar-refractivity contribution is 6.11. The van der Waals surface area contributed by atoms with Crippen molar-refractivity contribution in [3.8, 4) is 39.7 Å². The van der Waals surface area contributed by atoms with E-state index in [1.807, 2.05) is 78.9 Å². The van der Waals surface area contributed by atoms with Crippen LogP contribution in [-0.4, -0.2) is 9.13 Å². The lowest BCUT2D eigenvalue weighted by atomic mass is 9.93. The standard InChI is InChI=1S/C45H25N5/c1-47-31-18-22-38(44(26-31)50-42-14-8-5-11-36(42)39-23-19-32(48-2)27-45(39)50)35-10-4-3-9-34(35)30-16-20-33(21-17-30)49-41-13-7-6-12-37(41)40-25-29(28-46)15-24-43(40)49/h3-27H. The van der Waals surface area contributed by atoms with Gasteiger partial charge < -0.3 is 9.13 Å². The molecule has 0 saturated carbocycles. The molecule has 0 aliphatic carbocycles. The lowest BCUT2D eigenvalue weighted by Crippen LogP contribution is -1.98. The first-order valence-electron chi connectivity index (χ1n) is 16.2. The van der Waals surface area contributed by atoms with E-state index in [2.05, 4.69) is 97.7 Å². The molecule has 0 unspecified atom stereocenters. The first-order chi connectivity index (χ1) is 24.7. The summed E-state index contributed by atoms with van der Waals surface area (Å²) >= 11 is 0. The Hall–Kier alpha value is -7.39. The van der Waals surface area contributed by atoms with Crippen molar-refractivity contribution in [3.05, 3.63) is 180 Å². The zero-order chi connectivity index (χ0) is 33.8. The Bertz CT molecular complexity index is 2960. The number of rotatable bonds is 4. The van der Waals surface area contributed by atoms with Crippen LogP contribution in [0.2, 0.25) is 0 Å². The van der Waals surface area contributed by atoms with Gasteiger partial charge >= 0.3 is 0 Å². The molecule has 2 heterocycles. The third kappa shape index (κ3) is 4.38. The molecular weight excluding hydrogens is 611 g/mol. The molecule has 0 spiro atoms. The zero-order valence-corrected chi connectivity index (χ0v) is 26.7. The summed E-state index contributed by atoms with van der Waals surface area (Å²) in [6.45, 7) is 15.6. The first kappa shape index (κ1) is 28.8. The van der Waals surface area contributed by atoms with Gasteiger partial charge in [0.15, 0.2) is 11.4 Å². The smallest absolute Gasteiger partial charge is 0.189 e. The van der Waals surface area contributed by atoms with Gasteiger partial charge in [-0.3, -0.25) is 0 Å². The maximum Gasteiger partial charge on any atom is 0.189 e. The molecule has 0 fully saturated rings. The minimum atomic E-state index is 0.547. The molecule has 0 N–H and O–H groups in total. The average Bonchev–Trinajstić information content (AvgIpc) is 3.69. The van der Waals surface area contributed by atoms with Crippen molar-refractivity contribution in [1.82, 2.24) is 9.13 Å². The second-order valence-corrected chi connectivity index (χ2v) is 12.3. The minimum absolute atomic E-state index is 0.547. The van der Waals surface area contributed by atoms with Gasteiger partial charge in [0.1, 0.15) is 0 Å². The lowest BCUT2D eigenvalue weighted by molar-refractivity contribution is 1.18. The van der Waals surface area contributed by atoms with Crippen LogP contribution in [0.5, 0.6) is 0 Å². The highest BCUT2D eigenvalue weighted by Crippen LogP contribution is 2.42. The molecule has 7 aromatic carbocycles. The molecule has 0 saturated heterocycles. The van der Waals surface area contributed by atoms with Crippen LogP contribution in [0.4, 0.5) is 11.4 Å². The van der Waals surface area contributed by atoms with Gasteiger partial charge in [-0.25, -0.2) is 9.69 Å². The highest BCUT2D eigenvalue weighted by Gasteiger charge is 2.19. The molecule has 5 heteroatoms. The molecule has 0 aliphatic heterocycles. The van der Waals surface area contributed by atoms with Gasteiger partial charge in [0, 0.05) is 44.0 Å². The van der Waals surface area contributed by atoms with Gasteiger partial charge in [-0.05, 0) is 71.3 Å². The van der Waals surface area contributed by atoms with E-state index in [4.69, 9.17) is 13.1 Å². The molecule has 0 bridgehead atoms. The van der Waals surface area contributed by atoms with Crippen LogP contribution in [-0.2, 0) is 0 Å². The van der Waals surface area contributed by atoms with Crippen molar-refractivity contribution in [2.75, 3.05) is 0 Å². The second kappa shape index (κ2) is 11.4. The van der Waals surface area contributed by atoms with Gasteiger partial charge in [0.05, 0.1) is 41.3 Å². The van der Waals surface area contributed by atoms with E-state index in [1.165, 1.54) is 0 Å². The molecule has 230 valence electrons. The fourth-order valence-electron chi connectivity index (χ4n) is 7.37. The quantitative estimate of drug-likeness (QED) is 0.177. The van der Waals surface area contributed by atoms with Crippen LogP contribution < -0.4 is 0 Å². The van der Waals surface area contributed by atoms with Crippen LogP contribution in [0.3, 0.4) is 0 Å². The Kier molecular flexibility index (Phi) is 6.56. The Morgan fingerprint density at radius 2 is 1.06 bits per heavy atom. The number of nitrogens with zero attached hydrogens (tertiary/aromatic N) is 5. The third-order valence-electron chi connectivity index (χ3n) is 9.59. The number of para-hydroxylation sites is 2. The Labute approximate surface area is 288 Å². The largest absolute Gasteiger partial charge is 0.311 e. The molecule has 0 amide bonds. The summed E-state index contributed by atoms with van der Waals surface area (Å²) in [6, 6.07) is 53.5. The lowest BCUT2D eigenvalue weighted by Gasteiger charge is -2.18. The van der Waals surface area contributed by atoms with Gasteiger partial charge in [-0.15, -0.1) is 0 Å². The van der Waals surface area contributed by atoms with Crippen molar-refractivity contribution in [2.45, 2.75) is 0 Å². The number of aromatic nitrogens is 2. The molecular formula is C45H25N5. The summed E-state index contributed by atoms with van der Waals surface area (Å²) in [6.07, 6.45) is 0. The number of hydrogen-bond acceptors (Lipinski definition) is 1. The van der Waals surface area contributed by atoms with Crippen molar-refractivity contribution in [3.63, 3.8) is 0 Å². The zero-order valence-electron chi connectivity index (χ0n) is 26.7. The van der Waals surface area contributed by atoms with Crippen molar-refractivity contribution >= 4 is 55.0 Å². The van der Waals surface area contributed by atoms with E-state index < -0.39 is 0 Å². The monoisotopic (exact) mass is 635 g/mol. The molecule has 0 atom stereocenters. The van der Waals surface area contributed by atoms with E-state index in [0.29, 0.717) is 16.9 Å². The number of nitriles is 1. The summed E-state index contributed by atoms with van der Waals surface area (Å²) in [5, 5.41) is 13.9. The molecule has 9 rings (SSSR count). The Morgan fingerprint density at radius 3 is 1.80 bits per heavy atom. The van der Waals surface area contributed by atoms with Crippen LogP contribution in [0.15, 0.2) is 152 Å². The number of benzene rings is 7. The van der Waals surface area contributed by atoms with Crippen LogP contribution in [0.1, 0.15) is 5.56 Å². The molecule has 5 nitrogen and oxygen atoms in total. The number of hydrogen-bond donors (Lipinski definition) is 0. The molecule has 0 radical (unpaired) electrons. The van der Waals surface area contributed by atoms with Gasteiger partial charge in [0.2, 0.25) is 0 Å². The Balaban J connectivity index is 1.23. The maximum atomic E-state index is 9.57. The van der Waals surface area contributed by atoms with Crippen LogP contribution >= 0.6 is 0 Å². The average molecular weight is 636 g/mol. The van der Waals surface area contributed by atoms with Gasteiger partial charge in [-0.2, -0.15) is 5.26 Å². The fraction of sp³-hybridized carbons (Fsp3) is 0. The second-order valence-electron chi connectivity index (χ2n) is 12.3. The SMILES string of the molecule is [C-]#[N+]c1ccc(-c2ccccc2-c2ccc(-n3c4ccccc4c4cc(C#N)ccc43)cc2)c(-n2c3ccccc3c3ccc([N+]#[C-])cc32)c1. The van der Waals surface area contributed by atoms with E-state index in [0.717, 1.165) is 77.2 Å². The van der Waals surface area contributed by atoms with E-state index in [-0.39, 0.29) is 0 Å². The summed E-state index contributed by atoms with van der Waals surface area (Å²) in [5.41, 5.74) is 11.9. The summed E-state index contributed by atoms with van der Waals surface area (Å²) in [5.74, 6) is 0. The van der Waals surface area contributed by atoms with Gasteiger partial charge in [0.25, 0.3) is 0 Å². The normalized spacial score (nSPS) is 11.1. The first-order valence-corrected chi connectivity index (χ1v) is 16.2. The summed E-state index contributed by atoms with van der Waals surface area (Å²) in [7, 11) is 0. The highest BCUT2D eigenvalue weighted by atomic mass is 15.0. The van der Waals surface area contributed by atoms with Crippen LogP contribution in [0, 0.1) is 24.5 Å².